The van der Waals surface area contributed by atoms with Crippen LogP contribution >= 0.6 is 11.6 Å². The molecule has 2 rings (SSSR count). The van der Waals surface area contributed by atoms with E-state index in [0.29, 0.717) is 11.3 Å². The van der Waals surface area contributed by atoms with E-state index in [1.807, 2.05) is 0 Å². The number of rotatable bonds is 5. The Balaban J connectivity index is 1.93. The Labute approximate surface area is 126 Å². The van der Waals surface area contributed by atoms with Crippen molar-refractivity contribution in [2.75, 3.05) is 13.7 Å². The molecule has 1 heterocycles. The number of ketones is 1. The summed E-state index contributed by atoms with van der Waals surface area (Å²) in [6, 6.07) is 9.51. The summed E-state index contributed by atoms with van der Waals surface area (Å²) in [5, 5.41) is 0.279. The number of hydrogen-bond donors (Lipinski definition) is 0. The van der Waals surface area contributed by atoms with E-state index in [1.54, 1.807) is 31.4 Å². The van der Waals surface area contributed by atoms with Gasteiger partial charge in [0.15, 0.2) is 12.4 Å². The van der Waals surface area contributed by atoms with Crippen LogP contribution in [0, 0.1) is 0 Å². The summed E-state index contributed by atoms with van der Waals surface area (Å²) in [5.74, 6) is -0.273. The molecule has 5 nitrogen and oxygen atoms in total. The second-order valence-electron chi connectivity index (χ2n) is 4.10. The predicted molar refractivity (Wildman–Crippen MR) is 76.9 cm³/mol. The molecule has 0 aliphatic heterocycles. The van der Waals surface area contributed by atoms with Crippen molar-refractivity contribution in [2.24, 2.45) is 0 Å². The standard InChI is InChI=1S/C15H12ClNO4/c1-20-12-5-2-10(3-6-12)13(18)9-21-15(19)11-4-7-14(16)17-8-11/h2-8H,9H2,1H3. The molecule has 0 aliphatic carbocycles. The maximum atomic E-state index is 11.9. The van der Waals surface area contributed by atoms with Crippen molar-refractivity contribution in [3.05, 3.63) is 58.9 Å². The van der Waals surface area contributed by atoms with Gasteiger partial charge in [-0.2, -0.15) is 0 Å². The van der Waals surface area contributed by atoms with Gasteiger partial charge in [-0.25, -0.2) is 9.78 Å². The van der Waals surface area contributed by atoms with Crippen molar-refractivity contribution in [1.82, 2.24) is 4.98 Å². The highest BCUT2D eigenvalue weighted by molar-refractivity contribution is 6.29. The lowest BCUT2D eigenvalue weighted by Crippen LogP contribution is -2.14. The van der Waals surface area contributed by atoms with Crippen LogP contribution < -0.4 is 4.74 Å². The van der Waals surface area contributed by atoms with E-state index < -0.39 is 5.97 Å². The molecular formula is C15H12ClNO4. The van der Waals surface area contributed by atoms with Gasteiger partial charge in [0.2, 0.25) is 0 Å². The number of ether oxygens (including phenoxy) is 2. The molecule has 0 fully saturated rings. The van der Waals surface area contributed by atoms with Crippen LogP contribution in [0.1, 0.15) is 20.7 Å². The van der Waals surface area contributed by atoms with Crippen molar-refractivity contribution >= 4 is 23.4 Å². The number of benzene rings is 1. The number of aromatic nitrogens is 1. The number of esters is 1. The van der Waals surface area contributed by atoms with Crippen molar-refractivity contribution < 1.29 is 19.1 Å². The van der Waals surface area contributed by atoms with Crippen LogP contribution in [0.5, 0.6) is 5.75 Å². The van der Waals surface area contributed by atoms with Gasteiger partial charge in [0, 0.05) is 11.8 Å². The van der Waals surface area contributed by atoms with Crippen molar-refractivity contribution in [3.63, 3.8) is 0 Å². The third-order valence-electron chi connectivity index (χ3n) is 2.71. The summed E-state index contributed by atoms with van der Waals surface area (Å²) in [5.41, 5.74) is 0.680. The zero-order valence-electron chi connectivity index (χ0n) is 11.2. The number of hydrogen-bond acceptors (Lipinski definition) is 5. The van der Waals surface area contributed by atoms with E-state index in [9.17, 15) is 9.59 Å². The predicted octanol–water partition coefficient (Wildman–Crippen LogP) is 2.78. The Morgan fingerprint density at radius 3 is 2.33 bits per heavy atom. The quantitative estimate of drug-likeness (QED) is 0.483. The first kappa shape index (κ1) is 15.0. The zero-order chi connectivity index (χ0) is 15.2. The molecule has 0 spiro atoms. The lowest BCUT2D eigenvalue weighted by molar-refractivity contribution is 0.0474. The average Bonchev–Trinajstić information content (AvgIpc) is 2.53. The van der Waals surface area contributed by atoms with Gasteiger partial charge in [-0.15, -0.1) is 0 Å². The fourth-order valence-corrected chi connectivity index (χ4v) is 1.68. The van der Waals surface area contributed by atoms with Gasteiger partial charge in [-0.05, 0) is 36.4 Å². The summed E-state index contributed by atoms with van der Waals surface area (Å²) in [4.78, 5) is 27.4. The van der Waals surface area contributed by atoms with Crippen LogP contribution in [-0.2, 0) is 4.74 Å². The second-order valence-corrected chi connectivity index (χ2v) is 4.48. The maximum Gasteiger partial charge on any atom is 0.340 e. The minimum absolute atomic E-state index is 0.238. The van der Waals surface area contributed by atoms with Crippen LogP contribution in [0.3, 0.4) is 0 Å². The zero-order valence-corrected chi connectivity index (χ0v) is 12.0. The second kappa shape index (κ2) is 6.85. The highest BCUT2D eigenvalue weighted by Crippen LogP contribution is 2.12. The molecule has 0 aliphatic rings. The summed E-state index contributed by atoms with van der Waals surface area (Å²) in [7, 11) is 1.54. The van der Waals surface area contributed by atoms with E-state index in [-0.39, 0.29) is 23.1 Å². The number of Topliss-reactive ketones (excluding diaryl/α,β-unsaturated/α-hetero) is 1. The SMILES string of the molecule is COc1ccc(C(=O)COC(=O)c2ccc(Cl)nc2)cc1. The van der Waals surface area contributed by atoms with Crippen LogP contribution in [-0.4, -0.2) is 30.5 Å². The number of carbonyl (C=O) groups is 2. The molecule has 0 unspecified atom stereocenters. The van der Waals surface area contributed by atoms with E-state index in [4.69, 9.17) is 21.1 Å². The number of pyridine rings is 1. The molecule has 21 heavy (non-hydrogen) atoms. The number of carbonyl (C=O) groups excluding carboxylic acids is 2. The Hall–Kier alpha value is -2.40. The molecule has 0 atom stereocenters. The Bertz CT molecular complexity index is 638. The molecule has 6 heteroatoms. The Morgan fingerprint density at radius 1 is 1.10 bits per heavy atom. The number of nitrogens with zero attached hydrogens (tertiary/aromatic N) is 1. The largest absolute Gasteiger partial charge is 0.497 e. The molecule has 0 N–H and O–H groups in total. The van der Waals surface area contributed by atoms with E-state index in [0.717, 1.165) is 0 Å². The molecule has 108 valence electrons. The van der Waals surface area contributed by atoms with Crippen LogP contribution in [0.25, 0.3) is 0 Å². The maximum absolute atomic E-state index is 11.9. The first-order valence-electron chi connectivity index (χ1n) is 6.06. The van der Waals surface area contributed by atoms with Gasteiger partial charge in [-0.3, -0.25) is 4.79 Å². The summed E-state index contributed by atoms with van der Waals surface area (Å²) in [6.45, 7) is -0.339. The molecule has 1 aromatic heterocycles. The fourth-order valence-electron chi connectivity index (χ4n) is 1.57. The lowest BCUT2D eigenvalue weighted by Gasteiger charge is -2.05. The third-order valence-corrected chi connectivity index (χ3v) is 2.93. The monoisotopic (exact) mass is 305 g/mol. The molecule has 0 amide bonds. The fraction of sp³-hybridized carbons (Fsp3) is 0.133. The topological polar surface area (TPSA) is 65.5 Å². The van der Waals surface area contributed by atoms with Gasteiger partial charge >= 0.3 is 5.97 Å². The summed E-state index contributed by atoms with van der Waals surface area (Å²) in [6.07, 6.45) is 1.29. The van der Waals surface area contributed by atoms with Gasteiger partial charge in [0.05, 0.1) is 12.7 Å². The van der Waals surface area contributed by atoms with Gasteiger partial charge in [-0.1, -0.05) is 11.6 Å². The summed E-state index contributed by atoms with van der Waals surface area (Å²) >= 11 is 5.62. The first-order valence-corrected chi connectivity index (χ1v) is 6.44. The lowest BCUT2D eigenvalue weighted by atomic mass is 10.1. The van der Waals surface area contributed by atoms with E-state index >= 15 is 0 Å². The minimum Gasteiger partial charge on any atom is -0.497 e. The van der Waals surface area contributed by atoms with Crippen molar-refractivity contribution in [3.8, 4) is 5.75 Å². The average molecular weight is 306 g/mol. The van der Waals surface area contributed by atoms with Crippen molar-refractivity contribution in [2.45, 2.75) is 0 Å². The molecule has 0 saturated heterocycles. The Kier molecular flexibility index (Phi) is 4.90. The highest BCUT2D eigenvalue weighted by atomic mass is 35.5. The highest BCUT2D eigenvalue weighted by Gasteiger charge is 2.12. The van der Waals surface area contributed by atoms with Crippen LogP contribution in [0.15, 0.2) is 42.6 Å². The first-order chi connectivity index (χ1) is 10.1. The molecule has 0 bridgehead atoms. The van der Waals surface area contributed by atoms with Crippen molar-refractivity contribution in [1.29, 1.82) is 0 Å². The molecule has 1 aromatic carbocycles. The summed E-state index contributed by atoms with van der Waals surface area (Å²) < 4.78 is 9.94. The van der Waals surface area contributed by atoms with Gasteiger partial charge in [0.1, 0.15) is 10.9 Å². The number of halogens is 1. The van der Waals surface area contributed by atoms with Gasteiger partial charge in [0.25, 0.3) is 0 Å². The normalized spacial score (nSPS) is 10.0. The smallest absolute Gasteiger partial charge is 0.340 e. The minimum atomic E-state index is -0.624. The van der Waals surface area contributed by atoms with E-state index in [1.165, 1.54) is 18.3 Å². The number of methoxy groups -OCH3 is 1. The Morgan fingerprint density at radius 2 is 1.76 bits per heavy atom. The molecule has 2 aromatic rings. The molecule has 0 saturated carbocycles. The van der Waals surface area contributed by atoms with Crippen LogP contribution in [0.2, 0.25) is 5.15 Å². The van der Waals surface area contributed by atoms with Crippen LogP contribution in [0.4, 0.5) is 0 Å². The molecular weight excluding hydrogens is 294 g/mol. The third kappa shape index (κ3) is 4.03. The van der Waals surface area contributed by atoms with Gasteiger partial charge < -0.3 is 9.47 Å². The molecule has 0 radical (unpaired) electrons. The van der Waals surface area contributed by atoms with E-state index in [2.05, 4.69) is 4.98 Å².